The second-order valence-corrected chi connectivity index (χ2v) is 5.98. The number of hydrogen-bond acceptors (Lipinski definition) is 4. The lowest BCUT2D eigenvalue weighted by Crippen LogP contribution is -2.38. The average molecular weight is 301 g/mol. The third-order valence-corrected chi connectivity index (χ3v) is 4.63. The first kappa shape index (κ1) is 15.1. The van der Waals surface area contributed by atoms with Crippen molar-refractivity contribution in [3.8, 4) is 5.75 Å². The van der Waals surface area contributed by atoms with Gasteiger partial charge in [0.05, 0.1) is 7.11 Å². The molecule has 0 spiro atoms. The molecule has 1 atom stereocenters. The Morgan fingerprint density at radius 1 is 1.32 bits per heavy atom. The number of methoxy groups -OCH3 is 1. The molecule has 1 unspecified atom stereocenters. The Labute approximate surface area is 130 Å². The van der Waals surface area contributed by atoms with Gasteiger partial charge in [-0.3, -0.25) is 4.90 Å². The molecule has 22 heavy (non-hydrogen) atoms. The second kappa shape index (κ2) is 6.53. The van der Waals surface area contributed by atoms with Crippen LogP contribution in [-0.4, -0.2) is 24.6 Å². The lowest BCUT2D eigenvalue weighted by atomic mass is 9.98. The van der Waals surface area contributed by atoms with Gasteiger partial charge in [-0.05, 0) is 43.5 Å². The topological polar surface area (TPSA) is 42.7 Å². The number of nitrogens with zero attached hydrogens (tertiary/aromatic N) is 1. The summed E-state index contributed by atoms with van der Waals surface area (Å²) < 4.78 is 10.5. The van der Waals surface area contributed by atoms with E-state index in [4.69, 9.17) is 9.15 Å². The third-order valence-electron chi connectivity index (χ3n) is 4.63. The molecule has 1 saturated heterocycles. The van der Waals surface area contributed by atoms with Crippen LogP contribution in [0.1, 0.15) is 38.2 Å². The minimum absolute atomic E-state index is 0.291. The molecule has 0 N–H and O–H groups in total. The van der Waals surface area contributed by atoms with Gasteiger partial charge >= 0.3 is 5.63 Å². The molecule has 1 aromatic heterocycles. The van der Waals surface area contributed by atoms with Gasteiger partial charge in [0.15, 0.2) is 0 Å². The van der Waals surface area contributed by atoms with Crippen molar-refractivity contribution < 1.29 is 9.15 Å². The minimum Gasteiger partial charge on any atom is -0.497 e. The van der Waals surface area contributed by atoms with Crippen LogP contribution in [0.5, 0.6) is 5.75 Å². The van der Waals surface area contributed by atoms with Crippen LogP contribution < -0.4 is 10.4 Å². The first-order chi connectivity index (χ1) is 10.7. The monoisotopic (exact) mass is 301 g/mol. The quantitative estimate of drug-likeness (QED) is 0.810. The third kappa shape index (κ3) is 3.02. The van der Waals surface area contributed by atoms with Crippen molar-refractivity contribution in [1.29, 1.82) is 0 Å². The molecular formula is C18H23NO3. The van der Waals surface area contributed by atoms with E-state index in [0.29, 0.717) is 17.4 Å². The summed E-state index contributed by atoms with van der Waals surface area (Å²) in [5, 5.41) is 1.00. The Balaban J connectivity index is 1.97. The Morgan fingerprint density at radius 2 is 2.18 bits per heavy atom. The first-order valence-corrected chi connectivity index (χ1v) is 8.06. The lowest BCUT2D eigenvalue weighted by Gasteiger charge is -2.35. The summed E-state index contributed by atoms with van der Waals surface area (Å²) in [6.45, 7) is 4.16. The van der Waals surface area contributed by atoms with Crippen LogP contribution in [0.4, 0.5) is 0 Å². The predicted octanol–water partition coefficient (Wildman–Crippen LogP) is 3.57. The number of benzene rings is 1. The summed E-state index contributed by atoms with van der Waals surface area (Å²) in [6, 6.07) is 7.94. The second-order valence-electron chi connectivity index (χ2n) is 5.98. The number of hydrogen-bond donors (Lipinski definition) is 0. The van der Waals surface area contributed by atoms with E-state index in [1.165, 1.54) is 19.3 Å². The molecule has 118 valence electrons. The summed E-state index contributed by atoms with van der Waals surface area (Å²) in [4.78, 5) is 14.4. The van der Waals surface area contributed by atoms with E-state index in [-0.39, 0.29) is 5.63 Å². The summed E-state index contributed by atoms with van der Waals surface area (Å²) >= 11 is 0. The maximum atomic E-state index is 11.9. The Hall–Kier alpha value is -1.81. The molecule has 2 aromatic rings. The lowest BCUT2D eigenvalue weighted by molar-refractivity contribution is 0.136. The minimum atomic E-state index is -0.291. The number of ether oxygens (including phenoxy) is 1. The van der Waals surface area contributed by atoms with Gasteiger partial charge in [-0.25, -0.2) is 4.79 Å². The smallest absolute Gasteiger partial charge is 0.336 e. The van der Waals surface area contributed by atoms with E-state index in [9.17, 15) is 4.79 Å². The molecule has 1 aliphatic rings. The van der Waals surface area contributed by atoms with E-state index >= 15 is 0 Å². The van der Waals surface area contributed by atoms with E-state index in [1.807, 2.05) is 12.1 Å². The fourth-order valence-electron chi connectivity index (χ4n) is 3.42. The van der Waals surface area contributed by atoms with Crippen molar-refractivity contribution in [3.05, 3.63) is 40.2 Å². The van der Waals surface area contributed by atoms with Crippen molar-refractivity contribution in [3.63, 3.8) is 0 Å². The van der Waals surface area contributed by atoms with Gasteiger partial charge in [0.2, 0.25) is 0 Å². The zero-order valence-electron chi connectivity index (χ0n) is 13.3. The number of piperidine rings is 1. The molecule has 1 aromatic carbocycles. The average Bonchev–Trinajstić information content (AvgIpc) is 2.54. The highest BCUT2D eigenvalue weighted by molar-refractivity contribution is 5.81. The number of rotatable bonds is 4. The van der Waals surface area contributed by atoms with Gasteiger partial charge < -0.3 is 9.15 Å². The van der Waals surface area contributed by atoms with Crippen LogP contribution in [0.15, 0.2) is 33.5 Å². The zero-order chi connectivity index (χ0) is 15.5. The van der Waals surface area contributed by atoms with Gasteiger partial charge in [-0.2, -0.15) is 0 Å². The number of likely N-dealkylation sites (tertiary alicyclic amines) is 1. The fourth-order valence-corrected chi connectivity index (χ4v) is 3.42. The van der Waals surface area contributed by atoms with Crippen LogP contribution in [-0.2, 0) is 6.54 Å². The van der Waals surface area contributed by atoms with Gasteiger partial charge in [0.25, 0.3) is 0 Å². The normalized spacial score (nSPS) is 19.5. The highest BCUT2D eigenvalue weighted by Crippen LogP contribution is 2.26. The van der Waals surface area contributed by atoms with Gasteiger partial charge in [0.1, 0.15) is 11.3 Å². The standard InChI is InChI=1S/C18H23NO3/c1-3-14-6-4-5-9-19(14)12-13-10-18(20)22-17-11-15(21-2)7-8-16(13)17/h7-8,10-11,14H,3-6,9,12H2,1-2H3. The van der Waals surface area contributed by atoms with Crippen LogP contribution >= 0.6 is 0 Å². The SMILES string of the molecule is CCC1CCCCN1Cc1cc(=O)oc2cc(OC)ccc12. The van der Waals surface area contributed by atoms with Crippen LogP contribution in [0.3, 0.4) is 0 Å². The summed E-state index contributed by atoms with van der Waals surface area (Å²) in [5.74, 6) is 0.706. The maximum absolute atomic E-state index is 11.9. The molecule has 0 radical (unpaired) electrons. The van der Waals surface area contributed by atoms with Crippen LogP contribution in [0, 0.1) is 0 Å². The molecule has 0 saturated carbocycles. The fraction of sp³-hybridized carbons (Fsp3) is 0.500. The molecule has 1 aliphatic heterocycles. The zero-order valence-corrected chi connectivity index (χ0v) is 13.3. The Morgan fingerprint density at radius 3 is 2.95 bits per heavy atom. The highest BCUT2D eigenvalue weighted by atomic mass is 16.5. The Bertz CT molecular complexity index is 707. The van der Waals surface area contributed by atoms with Crippen molar-refractivity contribution in [2.24, 2.45) is 0 Å². The molecule has 0 aliphatic carbocycles. The van der Waals surface area contributed by atoms with E-state index < -0.39 is 0 Å². The van der Waals surface area contributed by atoms with Crippen LogP contribution in [0.2, 0.25) is 0 Å². The number of fused-ring (bicyclic) bond motifs is 1. The predicted molar refractivity (Wildman–Crippen MR) is 87.4 cm³/mol. The van der Waals surface area contributed by atoms with Crippen molar-refractivity contribution >= 4 is 11.0 Å². The van der Waals surface area contributed by atoms with Crippen molar-refractivity contribution in [2.45, 2.75) is 45.2 Å². The molecule has 3 rings (SSSR count). The van der Waals surface area contributed by atoms with Crippen molar-refractivity contribution in [2.75, 3.05) is 13.7 Å². The molecular weight excluding hydrogens is 278 g/mol. The van der Waals surface area contributed by atoms with Gasteiger partial charge in [0, 0.05) is 30.1 Å². The Kier molecular flexibility index (Phi) is 4.48. The van der Waals surface area contributed by atoms with Crippen molar-refractivity contribution in [1.82, 2.24) is 4.90 Å². The molecule has 0 amide bonds. The molecule has 4 heteroatoms. The maximum Gasteiger partial charge on any atom is 0.336 e. The van der Waals surface area contributed by atoms with E-state index in [2.05, 4.69) is 11.8 Å². The molecule has 0 bridgehead atoms. The first-order valence-electron chi connectivity index (χ1n) is 8.06. The van der Waals surface area contributed by atoms with Crippen LogP contribution in [0.25, 0.3) is 11.0 Å². The summed E-state index contributed by atoms with van der Waals surface area (Å²) in [7, 11) is 1.61. The molecule has 1 fully saturated rings. The molecule has 2 heterocycles. The van der Waals surface area contributed by atoms with E-state index in [0.717, 1.165) is 30.5 Å². The summed E-state index contributed by atoms with van der Waals surface area (Å²) in [5.41, 5.74) is 1.36. The largest absolute Gasteiger partial charge is 0.497 e. The van der Waals surface area contributed by atoms with Gasteiger partial charge in [-0.15, -0.1) is 0 Å². The highest BCUT2D eigenvalue weighted by Gasteiger charge is 2.21. The van der Waals surface area contributed by atoms with Gasteiger partial charge in [-0.1, -0.05) is 13.3 Å². The summed E-state index contributed by atoms with van der Waals surface area (Å²) in [6.07, 6.45) is 4.96. The van der Waals surface area contributed by atoms with E-state index in [1.54, 1.807) is 19.2 Å². The molecule has 4 nitrogen and oxygen atoms in total.